The fraction of sp³-hybridized carbons (Fsp3) is 0.375. The van der Waals surface area contributed by atoms with Crippen molar-refractivity contribution in [3.8, 4) is 0 Å². The molecule has 2 rings (SSSR count). The van der Waals surface area contributed by atoms with E-state index in [4.69, 9.17) is 5.73 Å². The molecule has 106 valence electrons. The lowest BCUT2D eigenvalue weighted by atomic mass is 10.1. The van der Waals surface area contributed by atoms with Gasteiger partial charge in [-0.2, -0.15) is 0 Å². The number of nitrogens with two attached hydrogens (primary N) is 1. The highest BCUT2D eigenvalue weighted by Crippen LogP contribution is 2.16. The Morgan fingerprint density at radius 1 is 1.25 bits per heavy atom. The highest BCUT2D eigenvalue weighted by molar-refractivity contribution is 5.40. The van der Waals surface area contributed by atoms with Gasteiger partial charge in [-0.15, -0.1) is 0 Å². The molecule has 0 bridgehead atoms. The molecule has 20 heavy (non-hydrogen) atoms. The van der Waals surface area contributed by atoms with Crippen molar-refractivity contribution in [3.05, 3.63) is 53.5 Å². The molecule has 0 aliphatic heterocycles. The average Bonchev–Trinajstić information content (AvgIpc) is 2.45. The molecule has 2 aromatic rings. The maximum Gasteiger partial charge on any atom is 0.128 e. The number of hydrogen-bond donors (Lipinski definition) is 1. The van der Waals surface area contributed by atoms with E-state index in [0.29, 0.717) is 0 Å². The first-order chi connectivity index (χ1) is 9.60. The fourth-order valence-electron chi connectivity index (χ4n) is 2.09. The van der Waals surface area contributed by atoms with Gasteiger partial charge in [0.25, 0.3) is 0 Å². The third kappa shape index (κ3) is 3.54. The summed E-state index contributed by atoms with van der Waals surface area (Å²) in [5, 5.41) is 0. The summed E-state index contributed by atoms with van der Waals surface area (Å²) in [5.74, 6) is 0.959. The van der Waals surface area contributed by atoms with Gasteiger partial charge in [-0.1, -0.05) is 12.1 Å². The Kier molecular flexibility index (Phi) is 4.69. The Balaban J connectivity index is 2.15. The Hall–Kier alpha value is -1.94. The van der Waals surface area contributed by atoms with Crippen molar-refractivity contribution in [1.82, 2.24) is 9.97 Å². The van der Waals surface area contributed by atoms with Gasteiger partial charge in [-0.3, -0.25) is 4.98 Å². The Labute approximate surface area is 120 Å². The molecule has 4 nitrogen and oxygen atoms in total. The van der Waals surface area contributed by atoms with Crippen LogP contribution < -0.4 is 10.6 Å². The third-order valence-corrected chi connectivity index (χ3v) is 3.30. The Bertz CT molecular complexity index is 549. The number of nitrogens with zero attached hydrogens (tertiary/aromatic N) is 3. The molecule has 0 saturated carbocycles. The van der Waals surface area contributed by atoms with Gasteiger partial charge in [-0.05, 0) is 44.5 Å². The molecule has 2 heterocycles. The van der Waals surface area contributed by atoms with Crippen molar-refractivity contribution in [1.29, 1.82) is 0 Å². The van der Waals surface area contributed by atoms with Crippen molar-refractivity contribution in [3.63, 3.8) is 0 Å². The van der Waals surface area contributed by atoms with Crippen LogP contribution in [-0.2, 0) is 6.54 Å². The summed E-state index contributed by atoms with van der Waals surface area (Å²) in [6.45, 7) is 7.75. The maximum absolute atomic E-state index is 5.85. The van der Waals surface area contributed by atoms with Crippen molar-refractivity contribution in [2.24, 2.45) is 5.73 Å². The van der Waals surface area contributed by atoms with E-state index in [2.05, 4.69) is 21.8 Å². The molecule has 0 radical (unpaired) electrons. The van der Waals surface area contributed by atoms with Crippen LogP contribution in [0.25, 0.3) is 0 Å². The van der Waals surface area contributed by atoms with Gasteiger partial charge in [0, 0.05) is 24.5 Å². The highest BCUT2D eigenvalue weighted by atomic mass is 15.2. The molecular weight excluding hydrogens is 248 g/mol. The smallest absolute Gasteiger partial charge is 0.128 e. The first-order valence-corrected chi connectivity index (χ1v) is 6.99. The van der Waals surface area contributed by atoms with Crippen molar-refractivity contribution in [2.75, 3.05) is 11.4 Å². The van der Waals surface area contributed by atoms with E-state index in [-0.39, 0.29) is 6.04 Å². The monoisotopic (exact) mass is 270 g/mol. The summed E-state index contributed by atoms with van der Waals surface area (Å²) in [6.07, 6.45) is 1.85. The number of aryl methyl sites for hydroxylation is 1. The van der Waals surface area contributed by atoms with Gasteiger partial charge >= 0.3 is 0 Å². The van der Waals surface area contributed by atoms with Gasteiger partial charge in [0.1, 0.15) is 5.82 Å². The van der Waals surface area contributed by atoms with Crippen LogP contribution >= 0.6 is 0 Å². The van der Waals surface area contributed by atoms with E-state index in [1.54, 1.807) is 0 Å². The lowest BCUT2D eigenvalue weighted by Gasteiger charge is -2.22. The number of pyridine rings is 2. The molecule has 0 unspecified atom stereocenters. The van der Waals surface area contributed by atoms with Crippen LogP contribution in [0.1, 0.15) is 36.8 Å². The standard InChI is InChI=1S/C16H22N4/c1-4-20(11-15-7-5-6-12(2)19-15)16-9-8-14(10-18-16)13(3)17/h5-10,13H,4,11,17H2,1-3H3/t13-/m0/s1. The maximum atomic E-state index is 5.85. The van der Waals surface area contributed by atoms with E-state index in [1.807, 2.05) is 50.4 Å². The zero-order valence-electron chi connectivity index (χ0n) is 12.4. The minimum absolute atomic E-state index is 0.0186. The largest absolute Gasteiger partial charge is 0.351 e. The van der Waals surface area contributed by atoms with Crippen LogP contribution in [0.2, 0.25) is 0 Å². The minimum atomic E-state index is 0.0186. The molecule has 0 saturated heterocycles. The van der Waals surface area contributed by atoms with Gasteiger partial charge in [0.15, 0.2) is 0 Å². The van der Waals surface area contributed by atoms with Crippen molar-refractivity contribution < 1.29 is 0 Å². The lowest BCUT2D eigenvalue weighted by molar-refractivity contribution is 0.779. The van der Waals surface area contributed by atoms with E-state index >= 15 is 0 Å². The van der Waals surface area contributed by atoms with Crippen LogP contribution in [0.4, 0.5) is 5.82 Å². The zero-order valence-corrected chi connectivity index (χ0v) is 12.4. The lowest BCUT2D eigenvalue weighted by Crippen LogP contribution is -2.23. The van der Waals surface area contributed by atoms with E-state index in [9.17, 15) is 0 Å². The van der Waals surface area contributed by atoms with Gasteiger partial charge in [0.2, 0.25) is 0 Å². The molecule has 0 fully saturated rings. The zero-order chi connectivity index (χ0) is 14.5. The molecule has 4 heteroatoms. The summed E-state index contributed by atoms with van der Waals surface area (Å²) in [5.41, 5.74) is 9.00. The van der Waals surface area contributed by atoms with Gasteiger partial charge in [0.05, 0.1) is 12.2 Å². The number of hydrogen-bond acceptors (Lipinski definition) is 4. The molecule has 0 amide bonds. The number of rotatable bonds is 5. The second kappa shape index (κ2) is 6.48. The molecule has 1 atom stereocenters. The Morgan fingerprint density at radius 3 is 2.60 bits per heavy atom. The van der Waals surface area contributed by atoms with Crippen LogP contribution in [0.5, 0.6) is 0 Å². The summed E-state index contributed by atoms with van der Waals surface area (Å²) < 4.78 is 0. The molecule has 0 aliphatic carbocycles. The second-order valence-corrected chi connectivity index (χ2v) is 5.02. The van der Waals surface area contributed by atoms with Crippen LogP contribution in [-0.4, -0.2) is 16.5 Å². The molecule has 0 aliphatic rings. The first kappa shape index (κ1) is 14.5. The summed E-state index contributed by atoms with van der Waals surface area (Å²) in [4.78, 5) is 11.3. The van der Waals surface area contributed by atoms with Crippen LogP contribution in [0.15, 0.2) is 36.5 Å². The van der Waals surface area contributed by atoms with Gasteiger partial charge < -0.3 is 10.6 Å². The van der Waals surface area contributed by atoms with Gasteiger partial charge in [-0.25, -0.2) is 4.98 Å². The summed E-state index contributed by atoms with van der Waals surface area (Å²) in [7, 11) is 0. The van der Waals surface area contributed by atoms with E-state index < -0.39 is 0 Å². The molecule has 0 aromatic carbocycles. The number of anilines is 1. The number of aromatic nitrogens is 2. The third-order valence-electron chi connectivity index (χ3n) is 3.30. The first-order valence-electron chi connectivity index (χ1n) is 6.99. The van der Waals surface area contributed by atoms with E-state index in [1.165, 1.54) is 0 Å². The normalized spacial score (nSPS) is 12.2. The second-order valence-electron chi connectivity index (χ2n) is 5.02. The quantitative estimate of drug-likeness (QED) is 0.907. The minimum Gasteiger partial charge on any atom is -0.351 e. The molecule has 2 aromatic heterocycles. The summed E-state index contributed by atoms with van der Waals surface area (Å²) >= 11 is 0. The van der Waals surface area contributed by atoms with Crippen LogP contribution in [0, 0.1) is 6.92 Å². The molecule has 0 spiro atoms. The summed E-state index contributed by atoms with van der Waals surface area (Å²) in [6, 6.07) is 10.2. The van der Waals surface area contributed by atoms with Crippen LogP contribution in [0.3, 0.4) is 0 Å². The topological polar surface area (TPSA) is 55.0 Å². The average molecular weight is 270 g/mol. The molecule has 2 N–H and O–H groups in total. The SMILES string of the molecule is CCN(Cc1cccc(C)n1)c1ccc([C@H](C)N)cn1. The fourth-order valence-corrected chi connectivity index (χ4v) is 2.09. The highest BCUT2D eigenvalue weighted by Gasteiger charge is 2.08. The van der Waals surface area contributed by atoms with E-state index in [0.717, 1.165) is 35.9 Å². The predicted molar refractivity (Wildman–Crippen MR) is 82.5 cm³/mol. The predicted octanol–water partition coefficient (Wildman–Crippen LogP) is 2.83. The van der Waals surface area contributed by atoms with Crippen molar-refractivity contribution in [2.45, 2.75) is 33.4 Å². The molecular formula is C16H22N4. The Morgan fingerprint density at radius 2 is 2.05 bits per heavy atom. The van der Waals surface area contributed by atoms with Crippen molar-refractivity contribution >= 4 is 5.82 Å².